The number of aryl methyl sites for hydroxylation is 1. The molecule has 1 heterocycles. The summed E-state index contributed by atoms with van der Waals surface area (Å²) in [6, 6.07) is 5.18. The van der Waals surface area contributed by atoms with E-state index in [1.807, 2.05) is 91.7 Å². The molecule has 302 valence electrons. The maximum Gasteiger partial charge on any atom is 0.245 e. The second-order valence-electron chi connectivity index (χ2n) is 15.9. The van der Waals surface area contributed by atoms with Gasteiger partial charge < -0.3 is 40.7 Å². The number of ether oxygens (including phenoxy) is 2. The summed E-state index contributed by atoms with van der Waals surface area (Å²) >= 11 is 0. The molecule has 0 bridgehead atoms. The van der Waals surface area contributed by atoms with Crippen molar-refractivity contribution in [3.05, 3.63) is 35.4 Å². The zero-order valence-corrected chi connectivity index (χ0v) is 34.6. The average molecular weight is 747 g/mol. The average Bonchev–Trinajstić information content (AvgIpc) is 3.49. The quantitative estimate of drug-likeness (QED) is 0.157. The standard InChI is InChI=1S/C40H70N6O7/c1-14-26(7)36(45(11)40(51)34(23(2)3)43-39(50)35(24(4)5)44(9)10)32(52-12)20-33(48)46-22-29(47)19-31(46)37(53-13)27(8)38(49)42-21-30(41)28-17-15-25(6)16-18-28/h15-18,23-24,26-27,29-32,34-37,47H,14,19-22,41H2,1-13H3,(H,42,49)(H,43,50)/t26?,27-,29+,30?,31+,32-,34+,35+,36?,37-/m1/s1. The number of nitrogens with two attached hydrogens (primary N) is 1. The highest BCUT2D eigenvalue weighted by atomic mass is 16.5. The Labute approximate surface area is 318 Å². The van der Waals surface area contributed by atoms with Crippen LogP contribution in [0.15, 0.2) is 24.3 Å². The molecule has 1 fully saturated rings. The van der Waals surface area contributed by atoms with Crippen molar-refractivity contribution in [2.24, 2.45) is 29.4 Å². The molecule has 1 aliphatic heterocycles. The lowest BCUT2D eigenvalue weighted by Gasteiger charge is -2.41. The molecule has 13 nitrogen and oxygen atoms in total. The zero-order valence-electron chi connectivity index (χ0n) is 34.6. The number of nitrogens with zero attached hydrogens (tertiary/aromatic N) is 3. The van der Waals surface area contributed by atoms with Gasteiger partial charge in [-0.25, -0.2) is 0 Å². The Morgan fingerprint density at radius 3 is 2.06 bits per heavy atom. The van der Waals surface area contributed by atoms with Gasteiger partial charge in [0.25, 0.3) is 0 Å². The number of benzene rings is 1. The first-order valence-corrected chi connectivity index (χ1v) is 19.2. The Hall–Kier alpha value is -3.10. The van der Waals surface area contributed by atoms with Crippen LogP contribution in [0.1, 0.15) is 84.9 Å². The van der Waals surface area contributed by atoms with Crippen molar-refractivity contribution < 1.29 is 33.8 Å². The predicted molar refractivity (Wildman–Crippen MR) is 208 cm³/mol. The van der Waals surface area contributed by atoms with Crippen molar-refractivity contribution >= 4 is 23.6 Å². The monoisotopic (exact) mass is 747 g/mol. The van der Waals surface area contributed by atoms with Gasteiger partial charge in [0, 0.05) is 40.4 Å². The smallest absolute Gasteiger partial charge is 0.245 e. The van der Waals surface area contributed by atoms with Crippen molar-refractivity contribution in [3.8, 4) is 0 Å². The maximum absolute atomic E-state index is 14.2. The van der Waals surface area contributed by atoms with E-state index in [0.29, 0.717) is 6.42 Å². The zero-order chi connectivity index (χ0) is 40.3. The minimum absolute atomic E-state index is 0.0350. The van der Waals surface area contributed by atoms with Crippen LogP contribution >= 0.6 is 0 Å². The summed E-state index contributed by atoms with van der Waals surface area (Å²) in [6.07, 6.45) is -1.30. The molecule has 53 heavy (non-hydrogen) atoms. The predicted octanol–water partition coefficient (Wildman–Crippen LogP) is 2.73. The van der Waals surface area contributed by atoms with Crippen molar-refractivity contribution in [1.82, 2.24) is 25.3 Å². The molecular formula is C40H70N6O7. The third-order valence-electron chi connectivity index (χ3n) is 11.0. The van der Waals surface area contributed by atoms with Gasteiger partial charge in [-0.05, 0) is 50.8 Å². The molecule has 0 saturated carbocycles. The van der Waals surface area contributed by atoms with Crippen LogP contribution < -0.4 is 16.4 Å². The Morgan fingerprint density at radius 2 is 1.57 bits per heavy atom. The molecule has 0 aliphatic carbocycles. The van der Waals surface area contributed by atoms with Crippen LogP contribution in [0.2, 0.25) is 0 Å². The molecule has 4 amide bonds. The number of likely N-dealkylation sites (N-methyl/N-ethyl adjacent to an activating group) is 2. The maximum atomic E-state index is 14.2. The molecule has 13 heteroatoms. The summed E-state index contributed by atoms with van der Waals surface area (Å²) in [5, 5.41) is 16.8. The highest BCUT2D eigenvalue weighted by Gasteiger charge is 2.45. The molecular weight excluding hydrogens is 676 g/mol. The number of aliphatic hydroxyl groups excluding tert-OH is 1. The lowest BCUT2D eigenvalue weighted by atomic mass is 9.89. The van der Waals surface area contributed by atoms with Crippen LogP contribution in [-0.4, -0.2) is 134 Å². The number of methoxy groups -OCH3 is 2. The third kappa shape index (κ3) is 12.2. The fourth-order valence-corrected chi connectivity index (χ4v) is 7.71. The van der Waals surface area contributed by atoms with Crippen LogP contribution in [0.25, 0.3) is 0 Å². The van der Waals surface area contributed by atoms with Gasteiger partial charge in [0.05, 0.1) is 48.8 Å². The van der Waals surface area contributed by atoms with Gasteiger partial charge in [-0.3, -0.25) is 24.1 Å². The summed E-state index contributed by atoms with van der Waals surface area (Å²) in [7, 11) is 8.43. The van der Waals surface area contributed by atoms with Crippen LogP contribution in [-0.2, 0) is 28.7 Å². The van der Waals surface area contributed by atoms with Crippen LogP contribution in [0.4, 0.5) is 0 Å². The van der Waals surface area contributed by atoms with E-state index in [0.717, 1.165) is 11.1 Å². The van der Waals surface area contributed by atoms with Crippen LogP contribution in [0, 0.1) is 30.6 Å². The fraction of sp³-hybridized carbons (Fsp3) is 0.750. The van der Waals surface area contributed by atoms with Gasteiger partial charge in [-0.2, -0.15) is 0 Å². The van der Waals surface area contributed by atoms with Gasteiger partial charge in [0.1, 0.15) is 6.04 Å². The minimum Gasteiger partial charge on any atom is -0.391 e. The summed E-state index contributed by atoms with van der Waals surface area (Å²) in [5.41, 5.74) is 8.38. The first-order chi connectivity index (χ1) is 24.8. The van der Waals surface area contributed by atoms with E-state index in [9.17, 15) is 24.3 Å². The lowest BCUT2D eigenvalue weighted by molar-refractivity contribution is -0.148. The summed E-state index contributed by atoms with van der Waals surface area (Å²) < 4.78 is 11.8. The summed E-state index contributed by atoms with van der Waals surface area (Å²) in [4.78, 5) is 60.3. The van der Waals surface area contributed by atoms with Crippen molar-refractivity contribution in [2.45, 2.75) is 123 Å². The van der Waals surface area contributed by atoms with Crippen LogP contribution in [0.5, 0.6) is 0 Å². The van der Waals surface area contributed by atoms with E-state index in [4.69, 9.17) is 15.2 Å². The molecule has 5 N–H and O–H groups in total. The summed E-state index contributed by atoms with van der Waals surface area (Å²) in [5.74, 6) is -1.89. The lowest BCUT2D eigenvalue weighted by Crippen LogP contribution is -2.59. The number of rotatable bonds is 20. The number of likely N-dealkylation sites (tertiary alicyclic amines) is 1. The summed E-state index contributed by atoms with van der Waals surface area (Å²) in [6.45, 7) is 15.8. The van der Waals surface area contributed by atoms with E-state index in [1.165, 1.54) is 14.2 Å². The van der Waals surface area contributed by atoms with Gasteiger partial charge in [-0.15, -0.1) is 0 Å². The molecule has 0 spiro atoms. The first-order valence-electron chi connectivity index (χ1n) is 19.2. The third-order valence-corrected chi connectivity index (χ3v) is 11.0. The largest absolute Gasteiger partial charge is 0.391 e. The van der Waals surface area contributed by atoms with Crippen molar-refractivity contribution in [3.63, 3.8) is 0 Å². The number of amides is 4. The number of nitrogens with one attached hydrogen (secondary N) is 2. The van der Waals surface area contributed by atoms with E-state index < -0.39 is 54.4 Å². The number of hydrogen-bond acceptors (Lipinski definition) is 9. The molecule has 1 aromatic carbocycles. The van der Waals surface area contributed by atoms with Crippen molar-refractivity contribution in [1.29, 1.82) is 0 Å². The number of carbonyl (C=O) groups is 4. The Balaban J connectivity index is 2.27. The van der Waals surface area contributed by atoms with Gasteiger partial charge >= 0.3 is 0 Å². The highest BCUT2D eigenvalue weighted by molar-refractivity contribution is 5.90. The van der Waals surface area contributed by atoms with E-state index in [1.54, 1.807) is 23.8 Å². The molecule has 1 aromatic rings. The first kappa shape index (κ1) is 46.1. The van der Waals surface area contributed by atoms with Crippen molar-refractivity contribution in [2.75, 3.05) is 48.5 Å². The van der Waals surface area contributed by atoms with Gasteiger partial charge in [-0.1, -0.05) is 84.7 Å². The molecule has 3 unspecified atom stereocenters. The fourth-order valence-electron chi connectivity index (χ4n) is 7.71. The number of hydrogen-bond donors (Lipinski definition) is 4. The second-order valence-corrected chi connectivity index (χ2v) is 15.9. The number of carbonyl (C=O) groups excluding carboxylic acids is 4. The molecule has 0 radical (unpaired) electrons. The molecule has 0 aromatic heterocycles. The Bertz CT molecular complexity index is 1320. The Kier molecular flexibility index (Phi) is 18.3. The Morgan fingerprint density at radius 1 is 0.962 bits per heavy atom. The topological polar surface area (TPSA) is 167 Å². The molecule has 1 aliphatic rings. The SMILES string of the molecule is CCC(C)C([C@@H](CC(=O)N1C[C@@H](O)C[C@H]1[C@H](OC)[C@@H](C)C(=O)NCC(N)c1ccc(C)cc1)OC)N(C)C(=O)[C@@H](NC(=O)[C@H](C(C)C)N(C)C)C(C)C. The minimum atomic E-state index is -0.797. The number of aliphatic hydroxyl groups is 1. The van der Waals surface area contributed by atoms with Gasteiger partial charge in [0.15, 0.2) is 0 Å². The molecule has 1 saturated heterocycles. The van der Waals surface area contributed by atoms with Crippen LogP contribution in [0.3, 0.4) is 0 Å². The molecule has 10 atom stereocenters. The molecule has 2 rings (SSSR count). The van der Waals surface area contributed by atoms with Gasteiger partial charge in [0.2, 0.25) is 23.6 Å². The normalized spacial score (nSPS) is 20.8. The van der Waals surface area contributed by atoms with E-state index in [-0.39, 0.29) is 67.3 Å². The second kappa shape index (κ2) is 21.1. The number of β-amino-alcohol motifs (C(OH)–C–C–N with tert-alkyl or cyclic N) is 1. The van der Waals surface area contributed by atoms with E-state index in [2.05, 4.69) is 10.6 Å². The van der Waals surface area contributed by atoms with E-state index >= 15 is 0 Å². The highest BCUT2D eigenvalue weighted by Crippen LogP contribution is 2.30.